The van der Waals surface area contributed by atoms with Gasteiger partial charge in [0, 0.05) is 33.2 Å². The van der Waals surface area contributed by atoms with Crippen LogP contribution in [-0.2, 0) is 10.0 Å². The molecule has 2 aliphatic rings. The molecule has 0 aromatic carbocycles. The maximum absolute atomic E-state index is 11.5. The molecule has 1 unspecified atom stereocenters. The lowest BCUT2D eigenvalue weighted by molar-refractivity contribution is 0.131. The number of nitrogens with zero attached hydrogens (tertiary/aromatic N) is 2. The first-order chi connectivity index (χ1) is 10.4. The van der Waals surface area contributed by atoms with Gasteiger partial charge in [-0.25, -0.2) is 12.7 Å². The Morgan fingerprint density at radius 2 is 2.04 bits per heavy atom. The first-order valence-corrected chi connectivity index (χ1v) is 10.1. The third kappa shape index (κ3) is 5.74. The van der Waals surface area contributed by atoms with Crippen LogP contribution in [0.2, 0.25) is 0 Å². The molecule has 136 valence electrons. The van der Waals surface area contributed by atoms with Crippen LogP contribution in [0.1, 0.15) is 39.0 Å². The van der Waals surface area contributed by atoms with Crippen LogP contribution in [0.5, 0.6) is 0 Å². The molecule has 1 heterocycles. The summed E-state index contributed by atoms with van der Waals surface area (Å²) < 4.78 is 24.6. The molecule has 2 N–H and O–H groups in total. The molecule has 0 bridgehead atoms. The molecule has 1 aliphatic heterocycles. The lowest BCUT2D eigenvalue weighted by atomic mass is 9.67. The zero-order valence-corrected chi connectivity index (χ0v) is 17.6. The van der Waals surface area contributed by atoms with Gasteiger partial charge in [0.2, 0.25) is 10.0 Å². The van der Waals surface area contributed by atoms with E-state index in [0.29, 0.717) is 24.4 Å². The van der Waals surface area contributed by atoms with E-state index in [0.717, 1.165) is 25.5 Å². The van der Waals surface area contributed by atoms with Gasteiger partial charge < -0.3 is 10.6 Å². The smallest absolute Gasteiger partial charge is 0.211 e. The number of nitrogens with one attached hydrogen (secondary N) is 2. The van der Waals surface area contributed by atoms with Gasteiger partial charge in [-0.1, -0.05) is 13.3 Å². The predicted molar refractivity (Wildman–Crippen MR) is 106 cm³/mol. The molecular weight excluding hydrogens is 427 g/mol. The third-order valence-corrected chi connectivity index (χ3v) is 6.56. The minimum atomic E-state index is -3.05. The zero-order valence-electron chi connectivity index (χ0n) is 14.5. The van der Waals surface area contributed by atoms with E-state index in [9.17, 15) is 8.42 Å². The Balaban J connectivity index is 0.00000264. The van der Waals surface area contributed by atoms with Gasteiger partial charge in [0.05, 0.1) is 6.26 Å². The van der Waals surface area contributed by atoms with Gasteiger partial charge in [-0.05, 0) is 37.0 Å². The maximum Gasteiger partial charge on any atom is 0.211 e. The van der Waals surface area contributed by atoms with E-state index in [2.05, 4.69) is 22.5 Å². The van der Waals surface area contributed by atoms with Gasteiger partial charge in [0.1, 0.15) is 0 Å². The highest BCUT2D eigenvalue weighted by molar-refractivity contribution is 14.0. The molecule has 1 saturated heterocycles. The summed E-state index contributed by atoms with van der Waals surface area (Å²) in [5, 5.41) is 6.78. The van der Waals surface area contributed by atoms with E-state index in [4.69, 9.17) is 0 Å². The molecule has 1 aliphatic carbocycles. The summed E-state index contributed by atoms with van der Waals surface area (Å²) in [5.74, 6) is 1.19. The Labute approximate surface area is 157 Å². The van der Waals surface area contributed by atoms with E-state index >= 15 is 0 Å². The van der Waals surface area contributed by atoms with Crippen LogP contribution >= 0.6 is 24.0 Å². The van der Waals surface area contributed by atoms with Crippen LogP contribution in [0.3, 0.4) is 0 Å². The number of rotatable bonds is 6. The number of hydrogen-bond acceptors (Lipinski definition) is 3. The Hall–Kier alpha value is -0.0900. The predicted octanol–water partition coefficient (Wildman–Crippen LogP) is 1.63. The minimum absolute atomic E-state index is 0. The normalized spacial score (nSPS) is 24.7. The van der Waals surface area contributed by atoms with Crippen molar-refractivity contribution in [2.24, 2.45) is 16.3 Å². The number of guanidine groups is 1. The molecule has 0 spiro atoms. The summed E-state index contributed by atoms with van der Waals surface area (Å²) in [4.78, 5) is 4.28. The number of hydrogen-bond donors (Lipinski definition) is 2. The topological polar surface area (TPSA) is 73.8 Å². The lowest BCUT2D eigenvalue weighted by Crippen LogP contribution is -2.47. The van der Waals surface area contributed by atoms with Crippen molar-refractivity contribution in [2.75, 3.05) is 39.5 Å². The van der Waals surface area contributed by atoms with Crippen LogP contribution in [0, 0.1) is 11.3 Å². The Kier molecular flexibility index (Phi) is 8.06. The molecule has 8 heteroatoms. The van der Waals surface area contributed by atoms with Crippen LogP contribution in [0.4, 0.5) is 0 Å². The second-order valence-corrected chi connectivity index (χ2v) is 8.77. The molecule has 1 saturated carbocycles. The van der Waals surface area contributed by atoms with Crippen molar-refractivity contribution >= 4 is 40.0 Å². The van der Waals surface area contributed by atoms with Gasteiger partial charge >= 0.3 is 0 Å². The fourth-order valence-corrected chi connectivity index (χ4v) is 4.25. The molecule has 2 rings (SSSR count). The summed E-state index contributed by atoms with van der Waals surface area (Å²) >= 11 is 0. The Bertz CT molecular complexity index is 500. The van der Waals surface area contributed by atoms with Gasteiger partial charge in [-0.15, -0.1) is 24.0 Å². The molecule has 6 nitrogen and oxygen atoms in total. The lowest BCUT2D eigenvalue weighted by Gasteiger charge is -2.41. The van der Waals surface area contributed by atoms with E-state index in [1.54, 1.807) is 11.4 Å². The summed E-state index contributed by atoms with van der Waals surface area (Å²) in [5.41, 5.74) is 0.456. The van der Waals surface area contributed by atoms with Crippen LogP contribution in [-0.4, -0.2) is 58.2 Å². The van der Waals surface area contributed by atoms with Gasteiger partial charge in [-0.3, -0.25) is 4.99 Å². The maximum atomic E-state index is 11.5. The number of sulfonamides is 1. The average molecular weight is 458 g/mol. The quantitative estimate of drug-likeness (QED) is 0.361. The van der Waals surface area contributed by atoms with Crippen LogP contribution in [0.25, 0.3) is 0 Å². The molecule has 0 radical (unpaired) electrons. The first kappa shape index (κ1) is 21.0. The molecular formula is C15H31IN4O2S. The van der Waals surface area contributed by atoms with Crippen molar-refractivity contribution < 1.29 is 8.42 Å². The summed E-state index contributed by atoms with van der Waals surface area (Å²) in [6.07, 6.45) is 7.36. The largest absolute Gasteiger partial charge is 0.356 e. The van der Waals surface area contributed by atoms with Crippen molar-refractivity contribution in [3.05, 3.63) is 0 Å². The second-order valence-electron chi connectivity index (χ2n) is 6.79. The van der Waals surface area contributed by atoms with Gasteiger partial charge in [0.15, 0.2) is 5.96 Å². The highest BCUT2D eigenvalue weighted by atomic mass is 127. The van der Waals surface area contributed by atoms with Crippen LogP contribution < -0.4 is 10.6 Å². The van der Waals surface area contributed by atoms with Crippen LogP contribution in [0.15, 0.2) is 4.99 Å². The van der Waals surface area contributed by atoms with E-state index in [1.165, 1.54) is 31.9 Å². The van der Waals surface area contributed by atoms with Gasteiger partial charge in [0.25, 0.3) is 0 Å². The van der Waals surface area contributed by atoms with Gasteiger partial charge in [-0.2, -0.15) is 0 Å². The summed E-state index contributed by atoms with van der Waals surface area (Å²) in [6.45, 7) is 5.25. The molecule has 0 aromatic heterocycles. The first-order valence-electron chi connectivity index (χ1n) is 8.28. The highest BCUT2D eigenvalue weighted by Crippen LogP contribution is 2.42. The summed E-state index contributed by atoms with van der Waals surface area (Å²) in [6, 6.07) is 0. The average Bonchev–Trinajstić information content (AvgIpc) is 2.90. The molecule has 0 aromatic rings. The van der Waals surface area contributed by atoms with Crippen molar-refractivity contribution in [1.29, 1.82) is 0 Å². The zero-order chi connectivity index (χ0) is 16.2. The molecule has 0 amide bonds. The fourth-order valence-electron chi connectivity index (χ4n) is 3.33. The van der Waals surface area contributed by atoms with E-state index < -0.39 is 10.0 Å². The summed E-state index contributed by atoms with van der Waals surface area (Å²) in [7, 11) is -1.26. The van der Waals surface area contributed by atoms with E-state index in [-0.39, 0.29) is 24.0 Å². The monoisotopic (exact) mass is 458 g/mol. The standard InChI is InChI=1S/C15H30N4O2S.HI/c1-4-15(7-5-8-15)12-18-14(16-2)17-10-13-6-9-19(11-13)22(3,20)21;/h13H,4-12H2,1-3H3,(H2,16,17,18);1H. The van der Waals surface area contributed by atoms with Crippen molar-refractivity contribution in [2.45, 2.75) is 39.0 Å². The Morgan fingerprint density at radius 3 is 2.48 bits per heavy atom. The SMILES string of the molecule is CCC1(CNC(=NC)NCC2CCN(S(C)(=O)=O)C2)CCC1.I. The van der Waals surface area contributed by atoms with Crippen molar-refractivity contribution in [3.63, 3.8) is 0 Å². The van der Waals surface area contributed by atoms with Crippen molar-refractivity contribution in [1.82, 2.24) is 14.9 Å². The molecule has 1 atom stereocenters. The van der Waals surface area contributed by atoms with E-state index in [1.807, 2.05) is 0 Å². The molecule has 2 fully saturated rings. The minimum Gasteiger partial charge on any atom is -0.356 e. The number of aliphatic imine (C=N–C) groups is 1. The highest BCUT2D eigenvalue weighted by Gasteiger charge is 2.35. The Morgan fingerprint density at radius 1 is 1.35 bits per heavy atom. The third-order valence-electron chi connectivity index (χ3n) is 5.29. The fraction of sp³-hybridized carbons (Fsp3) is 0.933. The number of halogens is 1. The molecule has 23 heavy (non-hydrogen) atoms. The second kappa shape index (κ2) is 8.84. The van der Waals surface area contributed by atoms with Crippen molar-refractivity contribution in [3.8, 4) is 0 Å².